The Morgan fingerprint density at radius 3 is 2.38 bits per heavy atom. The number of benzene rings is 3. The number of thioether (sulfide) groups is 1. The molecular formula is C28H20BrN3O3S2. The van der Waals surface area contributed by atoms with E-state index in [9.17, 15) is 14.7 Å². The lowest BCUT2D eigenvalue weighted by Gasteiger charge is -2.23. The van der Waals surface area contributed by atoms with Crippen LogP contribution in [0, 0.1) is 0 Å². The van der Waals surface area contributed by atoms with Gasteiger partial charge in [0.15, 0.2) is 15.9 Å². The van der Waals surface area contributed by atoms with E-state index in [1.165, 1.54) is 34.1 Å². The zero-order chi connectivity index (χ0) is 25.8. The molecule has 1 atom stereocenters. The van der Waals surface area contributed by atoms with Crippen molar-refractivity contribution in [2.24, 2.45) is 0 Å². The van der Waals surface area contributed by atoms with Crippen LogP contribution in [0.25, 0.3) is 6.08 Å². The first-order valence-electron chi connectivity index (χ1n) is 11.3. The summed E-state index contributed by atoms with van der Waals surface area (Å²) in [6.45, 7) is 0. The van der Waals surface area contributed by atoms with Gasteiger partial charge in [-0.1, -0.05) is 118 Å². The normalized spacial score (nSPS) is 15.6. The van der Waals surface area contributed by atoms with Gasteiger partial charge in [-0.25, -0.2) is 0 Å². The highest BCUT2D eigenvalue weighted by molar-refractivity contribution is 9.10. The maximum absolute atomic E-state index is 13.3. The Morgan fingerprint density at radius 2 is 1.68 bits per heavy atom. The number of carbonyl (C=O) groups is 2. The summed E-state index contributed by atoms with van der Waals surface area (Å²) in [4.78, 5) is 28.0. The van der Waals surface area contributed by atoms with Gasteiger partial charge in [0.2, 0.25) is 5.13 Å². The SMILES string of the molecule is O=C(/C=C/c1ccccc1)C1=C(O)C(=O)N(c2nnc(SCc3ccccc3)s2)C1c1ccc(Br)cc1. The average molecular weight is 591 g/mol. The highest BCUT2D eigenvalue weighted by Gasteiger charge is 2.45. The number of aliphatic hydroxyl groups excluding tert-OH is 1. The van der Waals surface area contributed by atoms with Crippen LogP contribution in [0.15, 0.2) is 111 Å². The van der Waals surface area contributed by atoms with Gasteiger partial charge in [-0.3, -0.25) is 14.5 Å². The van der Waals surface area contributed by atoms with Crippen molar-refractivity contribution in [1.29, 1.82) is 0 Å². The quantitative estimate of drug-likeness (QED) is 0.139. The summed E-state index contributed by atoms with van der Waals surface area (Å²) in [5.74, 6) is -1.00. The van der Waals surface area contributed by atoms with Gasteiger partial charge in [0.05, 0.1) is 11.6 Å². The molecule has 1 unspecified atom stereocenters. The molecule has 3 aromatic carbocycles. The third-order valence-electron chi connectivity index (χ3n) is 5.69. The van der Waals surface area contributed by atoms with Gasteiger partial charge in [0, 0.05) is 10.2 Å². The lowest BCUT2D eigenvalue weighted by atomic mass is 9.96. The van der Waals surface area contributed by atoms with Crippen LogP contribution in [-0.4, -0.2) is 27.0 Å². The molecule has 0 spiro atoms. The first-order chi connectivity index (χ1) is 18.0. The van der Waals surface area contributed by atoms with Crippen molar-refractivity contribution in [3.05, 3.63) is 124 Å². The topological polar surface area (TPSA) is 83.4 Å². The molecule has 1 aromatic heterocycles. The Bertz CT molecular complexity index is 1490. The van der Waals surface area contributed by atoms with E-state index < -0.39 is 23.5 Å². The number of hydrogen-bond donors (Lipinski definition) is 1. The molecular weight excluding hydrogens is 570 g/mol. The van der Waals surface area contributed by atoms with E-state index in [-0.39, 0.29) is 5.57 Å². The molecule has 9 heteroatoms. The number of halogens is 1. The molecule has 1 amide bonds. The molecule has 0 saturated heterocycles. The van der Waals surface area contributed by atoms with Crippen LogP contribution in [0.1, 0.15) is 22.7 Å². The average Bonchev–Trinajstić information content (AvgIpc) is 3.50. The number of nitrogens with zero attached hydrogens (tertiary/aromatic N) is 3. The first kappa shape index (κ1) is 25.1. The van der Waals surface area contributed by atoms with E-state index in [1.54, 1.807) is 6.08 Å². The van der Waals surface area contributed by atoms with Crippen LogP contribution in [0.5, 0.6) is 0 Å². The van der Waals surface area contributed by atoms with Gasteiger partial charge in [-0.05, 0) is 34.9 Å². The van der Waals surface area contributed by atoms with E-state index in [4.69, 9.17) is 0 Å². The summed E-state index contributed by atoms with van der Waals surface area (Å²) in [7, 11) is 0. The summed E-state index contributed by atoms with van der Waals surface area (Å²) < 4.78 is 1.54. The minimum absolute atomic E-state index is 0.00759. The number of amides is 1. The fourth-order valence-corrected chi connectivity index (χ4v) is 6.01. The Hall–Kier alpha value is -3.53. The second-order valence-corrected chi connectivity index (χ2v) is 11.2. The minimum Gasteiger partial charge on any atom is -0.503 e. The summed E-state index contributed by atoms with van der Waals surface area (Å²) in [6.07, 6.45) is 3.04. The molecule has 37 heavy (non-hydrogen) atoms. The smallest absolute Gasteiger partial charge is 0.296 e. The van der Waals surface area contributed by atoms with Crippen molar-refractivity contribution in [3.8, 4) is 0 Å². The lowest BCUT2D eigenvalue weighted by molar-refractivity contribution is -0.117. The van der Waals surface area contributed by atoms with Crippen LogP contribution in [0.3, 0.4) is 0 Å². The van der Waals surface area contributed by atoms with Crippen molar-refractivity contribution in [2.75, 3.05) is 4.90 Å². The standard InChI is InChI=1S/C28H20BrN3O3S2/c29-21-14-12-20(13-15-21)24-23(22(33)16-11-18-7-3-1-4-8-18)25(34)26(35)32(24)27-30-31-28(37-27)36-17-19-9-5-2-6-10-19/h1-16,24,34H,17H2/b16-11+. The molecule has 1 N–H and O–H groups in total. The number of ketones is 1. The summed E-state index contributed by atoms with van der Waals surface area (Å²) in [5.41, 5.74) is 2.66. The number of aromatic nitrogens is 2. The molecule has 0 radical (unpaired) electrons. The number of rotatable bonds is 8. The second-order valence-electron chi connectivity index (χ2n) is 8.12. The number of anilines is 1. The van der Waals surface area contributed by atoms with Crippen LogP contribution in [0.2, 0.25) is 0 Å². The zero-order valence-electron chi connectivity index (χ0n) is 19.3. The Labute approximate surface area is 230 Å². The minimum atomic E-state index is -0.839. The first-order valence-corrected chi connectivity index (χ1v) is 13.9. The molecule has 1 aliphatic heterocycles. The van der Waals surface area contributed by atoms with Crippen molar-refractivity contribution < 1.29 is 14.7 Å². The van der Waals surface area contributed by atoms with Crippen LogP contribution >= 0.6 is 39.0 Å². The van der Waals surface area contributed by atoms with Crippen LogP contribution < -0.4 is 4.90 Å². The third-order valence-corrected chi connectivity index (χ3v) is 8.35. The maximum Gasteiger partial charge on any atom is 0.296 e. The summed E-state index contributed by atoms with van der Waals surface area (Å²) >= 11 is 6.19. The number of hydrogen-bond acceptors (Lipinski definition) is 7. The highest BCUT2D eigenvalue weighted by atomic mass is 79.9. The molecule has 184 valence electrons. The van der Waals surface area contributed by atoms with E-state index in [0.29, 0.717) is 20.8 Å². The van der Waals surface area contributed by atoms with Crippen molar-refractivity contribution >= 4 is 61.9 Å². The predicted octanol–water partition coefficient (Wildman–Crippen LogP) is 6.78. The molecule has 0 saturated carbocycles. The van der Waals surface area contributed by atoms with Crippen molar-refractivity contribution in [2.45, 2.75) is 16.1 Å². The fourth-order valence-electron chi connectivity index (χ4n) is 3.92. The van der Waals surface area contributed by atoms with E-state index in [0.717, 1.165) is 15.6 Å². The zero-order valence-corrected chi connectivity index (χ0v) is 22.5. The Morgan fingerprint density at radius 1 is 1.00 bits per heavy atom. The second kappa shape index (κ2) is 11.2. The van der Waals surface area contributed by atoms with Crippen molar-refractivity contribution in [3.63, 3.8) is 0 Å². The van der Waals surface area contributed by atoms with Gasteiger partial charge in [-0.2, -0.15) is 0 Å². The molecule has 2 heterocycles. The van der Waals surface area contributed by atoms with E-state index in [2.05, 4.69) is 26.1 Å². The van der Waals surface area contributed by atoms with Crippen LogP contribution in [-0.2, 0) is 15.3 Å². The third kappa shape index (κ3) is 5.58. The fraction of sp³-hybridized carbons (Fsp3) is 0.0714. The molecule has 5 rings (SSSR count). The molecule has 0 fully saturated rings. The molecule has 4 aromatic rings. The Balaban J connectivity index is 1.46. The number of carbonyl (C=O) groups excluding carboxylic acids is 2. The number of allylic oxidation sites excluding steroid dienone is 1. The van der Waals surface area contributed by atoms with Gasteiger partial charge in [-0.15, -0.1) is 10.2 Å². The van der Waals surface area contributed by atoms with Crippen molar-refractivity contribution in [1.82, 2.24) is 10.2 Å². The van der Waals surface area contributed by atoms with Crippen LogP contribution in [0.4, 0.5) is 5.13 Å². The van der Waals surface area contributed by atoms with Gasteiger partial charge >= 0.3 is 0 Å². The van der Waals surface area contributed by atoms with Gasteiger partial charge < -0.3 is 5.11 Å². The maximum atomic E-state index is 13.3. The monoisotopic (exact) mass is 589 g/mol. The molecule has 0 bridgehead atoms. The molecule has 6 nitrogen and oxygen atoms in total. The lowest BCUT2D eigenvalue weighted by Crippen LogP contribution is -2.30. The van der Waals surface area contributed by atoms with E-state index in [1.807, 2.05) is 84.9 Å². The Kier molecular flexibility index (Phi) is 7.64. The van der Waals surface area contributed by atoms with Gasteiger partial charge in [0.1, 0.15) is 0 Å². The molecule has 0 aliphatic carbocycles. The van der Waals surface area contributed by atoms with E-state index >= 15 is 0 Å². The summed E-state index contributed by atoms with van der Waals surface area (Å²) in [5, 5.41) is 19.7. The number of aliphatic hydroxyl groups is 1. The highest BCUT2D eigenvalue weighted by Crippen LogP contribution is 2.43. The molecule has 1 aliphatic rings. The predicted molar refractivity (Wildman–Crippen MR) is 150 cm³/mol. The largest absolute Gasteiger partial charge is 0.503 e. The summed E-state index contributed by atoms with van der Waals surface area (Å²) in [6, 6.07) is 25.8. The van der Waals surface area contributed by atoms with Gasteiger partial charge in [0.25, 0.3) is 5.91 Å².